The lowest BCUT2D eigenvalue weighted by molar-refractivity contribution is 0.171. The second-order valence-electron chi connectivity index (χ2n) is 6.25. The van der Waals surface area contributed by atoms with Gasteiger partial charge in [-0.15, -0.1) is 0 Å². The van der Waals surface area contributed by atoms with Gasteiger partial charge in [0.05, 0.1) is 0 Å². The molecule has 6 nitrogen and oxygen atoms in total. The van der Waals surface area contributed by atoms with Crippen molar-refractivity contribution in [2.24, 2.45) is 0 Å². The second kappa shape index (κ2) is 6.22. The van der Waals surface area contributed by atoms with Crippen LogP contribution in [-0.2, 0) is 6.42 Å². The molecule has 0 fully saturated rings. The van der Waals surface area contributed by atoms with Gasteiger partial charge in [-0.1, -0.05) is 18.2 Å². The molecule has 3 heterocycles. The highest BCUT2D eigenvalue weighted by molar-refractivity contribution is 5.68. The van der Waals surface area contributed by atoms with Crippen LogP contribution in [-0.4, -0.2) is 29.7 Å². The lowest BCUT2D eigenvalue weighted by atomic mass is 10.2. The quantitative estimate of drug-likeness (QED) is 0.781. The number of anilines is 4. The molecular formula is C20H18N4O2. The van der Waals surface area contributed by atoms with Crippen LogP contribution in [0.4, 0.5) is 23.1 Å². The fourth-order valence-corrected chi connectivity index (χ4v) is 3.39. The SMILES string of the molecule is c1ccc2c(c1)CCN2c1ccnc(Nc2ccc3c(c2)OCCO3)n1. The third-order valence-electron chi connectivity index (χ3n) is 4.60. The molecule has 0 atom stereocenters. The van der Waals surface area contributed by atoms with E-state index in [1.807, 2.05) is 24.3 Å². The Hall–Kier alpha value is -3.28. The van der Waals surface area contributed by atoms with Crippen LogP contribution in [0, 0.1) is 0 Å². The molecule has 0 saturated carbocycles. The number of para-hydroxylation sites is 1. The Morgan fingerprint density at radius 3 is 2.81 bits per heavy atom. The summed E-state index contributed by atoms with van der Waals surface area (Å²) >= 11 is 0. The number of nitrogens with zero attached hydrogens (tertiary/aromatic N) is 3. The molecule has 26 heavy (non-hydrogen) atoms. The van der Waals surface area contributed by atoms with Crippen molar-refractivity contribution in [2.45, 2.75) is 6.42 Å². The first-order valence-corrected chi connectivity index (χ1v) is 8.72. The number of benzene rings is 2. The molecule has 0 bridgehead atoms. The summed E-state index contributed by atoms with van der Waals surface area (Å²) < 4.78 is 11.2. The molecule has 0 spiro atoms. The Bertz CT molecular complexity index is 960. The number of hydrogen-bond donors (Lipinski definition) is 1. The van der Waals surface area contributed by atoms with Gasteiger partial charge in [-0.05, 0) is 36.2 Å². The molecular weight excluding hydrogens is 328 g/mol. The monoisotopic (exact) mass is 346 g/mol. The summed E-state index contributed by atoms with van der Waals surface area (Å²) in [5, 5.41) is 3.26. The Labute approximate surface area is 151 Å². The van der Waals surface area contributed by atoms with Crippen molar-refractivity contribution >= 4 is 23.1 Å². The van der Waals surface area contributed by atoms with Crippen molar-refractivity contribution in [1.82, 2.24) is 9.97 Å². The maximum atomic E-state index is 5.63. The maximum absolute atomic E-state index is 5.63. The smallest absolute Gasteiger partial charge is 0.229 e. The van der Waals surface area contributed by atoms with Crippen LogP contribution in [0.15, 0.2) is 54.7 Å². The van der Waals surface area contributed by atoms with Gasteiger partial charge in [0.25, 0.3) is 0 Å². The number of rotatable bonds is 3. The standard InChI is InChI=1S/C20H18N4O2/c1-2-4-16-14(3-1)8-10-24(16)19-7-9-21-20(23-19)22-15-5-6-17-18(13-15)26-12-11-25-17/h1-7,9,13H,8,10-12H2,(H,21,22,23). The van der Waals surface area contributed by atoms with Gasteiger partial charge in [0.1, 0.15) is 19.0 Å². The molecule has 2 aliphatic rings. The van der Waals surface area contributed by atoms with E-state index in [-0.39, 0.29) is 0 Å². The molecule has 0 radical (unpaired) electrons. The fourth-order valence-electron chi connectivity index (χ4n) is 3.39. The first-order valence-electron chi connectivity index (χ1n) is 8.72. The molecule has 0 unspecified atom stereocenters. The van der Waals surface area contributed by atoms with E-state index >= 15 is 0 Å². The zero-order chi connectivity index (χ0) is 17.3. The first kappa shape index (κ1) is 15.0. The predicted molar refractivity (Wildman–Crippen MR) is 99.9 cm³/mol. The molecule has 2 aromatic carbocycles. The molecule has 1 aromatic heterocycles. The minimum absolute atomic E-state index is 0.559. The molecule has 6 heteroatoms. The molecule has 0 amide bonds. The molecule has 2 aliphatic heterocycles. The van der Waals surface area contributed by atoms with Crippen LogP contribution in [0.25, 0.3) is 0 Å². The molecule has 5 rings (SSSR count). The number of hydrogen-bond acceptors (Lipinski definition) is 6. The minimum Gasteiger partial charge on any atom is -0.486 e. The van der Waals surface area contributed by atoms with Crippen LogP contribution in [0.1, 0.15) is 5.56 Å². The van der Waals surface area contributed by atoms with Crippen LogP contribution in [0.5, 0.6) is 11.5 Å². The summed E-state index contributed by atoms with van der Waals surface area (Å²) in [6, 6.07) is 16.1. The normalized spacial score (nSPS) is 14.8. The van der Waals surface area contributed by atoms with E-state index in [2.05, 4.69) is 39.5 Å². The third-order valence-corrected chi connectivity index (χ3v) is 4.60. The third kappa shape index (κ3) is 2.69. The van der Waals surface area contributed by atoms with Gasteiger partial charge in [0.15, 0.2) is 11.5 Å². The molecule has 3 aromatic rings. The van der Waals surface area contributed by atoms with E-state index in [1.165, 1.54) is 11.3 Å². The highest BCUT2D eigenvalue weighted by Gasteiger charge is 2.21. The largest absolute Gasteiger partial charge is 0.486 e. The Morgan fingerprint density at radius 1 is 0.962 bits per heavy atom. The van der Waals surface area contributed by atoms with Crippen molar-refractivity contribution in [2.75, 3.05) is 30.0 Å². The van der Waals surface area contributed by atoms with Gasteiger partial charge < -0.3 is 19.7 Å². The Kier molecular flexibility index (Phi) is 3.59. The van der Waals surface area contributed by atoms with Crippen molar-refractivity contribution in [3.8, 4) is 11.5 Å². The molecule has 1 N–H and O–H groups in total. The Balaban J connectivity index is 1.41. The van der Waals surface area contributed by atoms with Crippen molar-refractivity contribution < 1.29 is 9.47 Å². The molecule has 130 valence electrons. The predicted octanol–water partition coefficient (Wildman–Crippen LogP) is 3.69. The Morgan fingerprint density at radius 2 is 1.85 bits per heavy atom. The average Bonchev–Trinajstić information content (AvgIpc) is 3.12. The van der Waals surface area contributed by atoms with Crippen molar-refractivity contribution in [1.29, 1.82) is 0 Å². The van der Waals surface area contributed by atoms with Crippen LogP contribution in [0.2, 0.25) is 0 Å². The lowest BCUT2D eigenvalue weighted by Gasteiger charge is -2.20. The van der Waals surface area contributed by atoms with Crippen molar-refractivity contribution in [3.05, 3.63) is 60.3 Å². The highest BCUT2D eigenvalue weighted by Crippen LogP contribution is 2.35. The lowest BCUT2D eigenvalue weighted by Crippen LogP contribution is -2.16. The van der Waals surface area contributed by atoms with Gasteiger partial charge in [-0.2, -0.15) is 4.98 Å². The molecule has 0 aliphatic carbocycles. The van der Waals surface area contributed by atoms with Gasteiger partial charge in [-0.25, -0.2) is 4.98 Å². The zero-order valence-corrected chi connectivity index (χ0v) is 14.2. The van der Waals surface area contributed by atoms with Crippen molar-refractivity contribution in [3.63, 3.8) is 0 Å². The van der Waals surface area contributed by atoms with Gasteiger partial charge in [0, 0.05) is 30.2 Å². The molecule has 0 saturated heterocycles. The van der Waals surface area contributed by atoms with E-state index in [0.717, 1.165) is 36.0 Å². The fraction of sp³-hybridized carbons (Fsp3) is 0.200. The topological polar surface area (TPSA) is 59.5 Å². The summed E-state index contributed by atoms with van der Waals surface area (Å²) in [6.07, 6.45) is 2.81. The summed E-state index contributed by atoms with van der Waals surface area (Å²) in [6.45, 7) is 2.08. The summed E-state index contributed by atoms with van der Waals surface area (Å²) in [5.41, 5.74) is 3.44. The average molecular weight is 346 g/mol. The van der Waals surface area contributed by atoms with E-state index in [9.17, 15) is 0 Å². The van der Waals surface area contributed by atoms with Crippen LogP contribution < -0.4 is 19.7 Å². The summed E-state index contributed by atoms with van der Waals surface area (Å²) in [5.74, 6) is 2.96. The number of fused-ring (bicyclic) bond motifs is 2. The van der Waals surface area contributed by atoms with Gasteiger partial charge >= 0.3 is 0 Å². The first-order chi connectivity index (χ1) is 12.9. The van der Waals surface area contributed by atoms with Gasteiger partial charge in [-0.3, -0.25) is 0 Å². The number of aromatic nitrogens is 2. The maximum Gasteiger partial charge on any atom is 0.229 e. The van der Waals surface area contributed by atoms with Crippen LogP contribution in [0.3, 0.4) is 0 Å². The van der Waals surface area contributed by atoms with E-state index in [0.29, 0.717) is 19.2 Å². The van der Waals surface area contributed by atoms with E-state index in [4.69, 9.17) is 14.5 Å². The highest BCUT2D eigenvalue weighted by atomic mass is 16.6. The summed E-state index contributed by atoms with van der Waals surface area (Å²) in [7, 11) is 0. The number of ether oxygens (including phenoxy) is 2. The minimum atomic E-state index is 0.559. The van der Waals surface area contributed by atoms with Gasteiger partial charge in [0.2, 0.25) is 5.95 Å². The number of nitrogens with one attached hydrogen (secondary N) is 1. The van der Waals surface area contributed by atoms with E-state index in [1.54, 1.807) is 6.20 Å². The van der Waals surface area contributed by atoms with E-state index < -0.39 is 0 Å². The summed E-state index contributed by atoms with van der Waals surface area (Å²) in [4.78, 5) is 11.3. The second-order valence-corrected chi connectivity index (χ2v) is 6.25. The zero-order valence-electron chi connectivity index (χ0n) is 14.2. The van der Waals surface area contributed by atoms with Crippen LogP contribution >= 0.6 is 0 Å².